The molecule has 90 valence electrons. The van der Waals surface area contributed by atoms with E-state index in [2.05, 4.69) is 59.4 Å². The average molecular weight is 302 g/mol. The number of hydrogen-bond acceptors (Lipinski definition) is 2. The van der Waals surface area contributed by atoms with Gasteiger partial charge in [0.05, 0.1) is 0 Å². The summed E-state index contributed by atoms with van der Waals surface area (Å²) in [6, 6.07) is 8.49. The van der Waals surface area contributed by atoms with Crippen LogP contribution in [0.4, 0.5) is 0 Å². The van der Waals surface area contributed by atoms with Crippen molar-refractivity contribution in [2.75, 3.05) is 13.1 Å². The summed E-state index contributed by atoms with van der Waals surface area (Å²) >= 11 is 5.42. The van der Waals surface area contributed by atoms with Crippen molar-refractivity contribution >= 4 is 27.7 Å². The first-order valence-electron chi connectivity index (χ1n) is 5.85. The van der Waals surface area contributed by atoms with E-state index in [9.17, 15) is 0 Å². The van der Waals surface area contributed by atoms with Gasteiger partial charge in [0.2, 0.25) is 0 Å². The zero-order valence-electron chi connectivity index (χ0n) is 10.0. The Morgan fingerprint density at radius 1 is 1.44 bits per heavy atom. The van der Waals surface area contributed by atoms with Gasteiger partial charge in [-0.2, -0.15) is 0 Å². The minimum atomic E-state index is 0.617. The minimum absolute atomic E-state index is 0.617. The molecule has 1 nitrogen and oxygen atoms in total. The van der Waals surface area contributed by atoms with Crippen LogP contribution in [-0.2, 0) is 0 Å². The molecule has 0 fully saturated rings. The van der Waals surface area contributed by atoms with Crippen molar-refractivity contribution in [3.8, 4) is 0 Å². The molecule has 0 bridgehead atoms. The lowest BCUT2D eigenvalue weighted by molar-refractivity contribution is 0.638. The Bertz CT molecular complexity index is 304. The van der Waals surface area contributed by atoms with Crippen molar-refractivity contribution in [1.29, 1.82) is 0 Å². The summed E-state index contributed by atoms with van der Waals surface area (Å²) in [5.74, 6) is 0. The molecule has 0 spiro atoms. The van der Waals surface area contributed by atoms with Crippen LogP contribution in [0.2, 0.25) is 0 Å². The molecule has 0 aliphatic rings. The highest BCUT2D eigenvalue weighted by atomic mass is 79.9. The SMILES string of the molecule is CCCCNCC(C)Sc1cccc(Br)c1. The maximum Gasteiger partial charge on any atom is 0.0191 e. The molecule has 0 aliphatic heterocycles. The van der Waals surface area contributed by atoms with Crippen molar-refractivity contribution in [3.63, 3.8) is 0 Å². The second-order valence-corrected chi connectivity index (χ2v) is 6.37. The van der Waals surface area contributed by atoms with Crippen LogP contribution in [0.3, 0.4) is 0 Å². The first-order chi connectivity index (χ1) is 7.72. The molecule has 1 atom stereocenters. The maximum atomic E-state index is 3.50. The minimum Gasteiger partial charge on any atom is -0.316 e. The van der Waals surface area contributed by atoms with Crippen LogP contribution in [0.25, 0.3) is 0 Å². The predicted octanol–water partition coefficient (Wildman–Crippen LogP) is 4.32. The molecule has 0 heterocycles. The van der Waals surface area contributed by atoms with Crippen LogP contribution < -0.4 is 5.32 Å². The fourth-order valence-electron chi connectivity index (χ4n) is 1.42. The van der Waals surface area contributed by atoms with E-state index in [0.29, 0.717) is 5.25 Å². The molecule has 0 radical (unpaired) electrons. The van der Waals surface area contributed by atoms with E-state index >= 15 is 0 Å². The second-order valence-electron chi connectivity index (χ2n) is 3.94. The fourth-order valence-corrected chi connectivity index (χ4v) is 2.99. The smallest absolute Gasteiger partial charge is 0.0191 e. The van der Waals surface area contributed by atoms with Crippen molar-refractivity contribution in [2.45, 2.75) is 36.8 Å². The normalized spacial score (nSPS) is 12.7. The van der Waals surface area contributed by atoms with Crippen LogP contribution in [0.1, 0.15) is 26.7 Å². The van der Waals surface area contributed by atoms with Crippen LogP contribution in [-0.4, -0.2) is 18.3 Å². The quantitative estimate of drug-likeness (QED) is 0.594. The highest BCUT2D eigenvalue weighted by molar-refractivity contribution is 9.10. The van der Waals surface area contributed by atoms with Crippen molar-refractivity contribution in [1.82, 2.24) is 5.32 Å². The Morgan fingerprint density at radius 2 is 2.25 bits per heavy atom. The summed E-state index contributed by atoms with van der Waals surface area (Å²) < 4.78 is 1.16. The van der Waals surface area contributed by atoms with E-state index in [1.807, 2.05) is 11.8 Å². The van der Waals surface area contributed by atoms with Crippen LogP contribution in [0, 0.1) is 0 Å². The fraction of sp³-hybridized carbons (Fsp3) is 0.538. The molecule has 1 aromatic rings. The maximum absolute atomic E-state index is 3.50. The second kappa shape index (κ2) is 8.15. The van der Waals surface area contributed by atoms with Gasteiger partial charge in [-0.3, -0.25) is 0 Å². The zero-order valence-corrected chi connectivity index (χ0v) is 12.4. The summed E-state index contributed by atoms with van der Waals surface area (Å²) in [7, 11) is 0. The van der Waals surface area contributed by atoms with Gasteiger partial charge in [-0.05, 0) is 31.2 Å². The Kier molecular flexibility index (Phi) is 7.17. The third kappa shape index (κ3) is 5.92. The molecular weight excluding hydrogens is 282 g/mol. The Morgan fingerprint density at radius 3 is 2.94 bits per heavy atom. The molecule has 3 heteroatoms. The lowest BCUT2D eigenvalue weighted by Gasteiger charge is -2.12. The lowest BCUT2D eigenvalue weighted by Crippen LogP contribution is -2.23. The van der Waals surface area contributed by atoms with Crippen LogP contribution in [0.5, 0.6) is 0 Å². The van der Waals surface area contributed by atoms with Crippen molar-refractivity contribution in [2.24, 2.45) is 0 Å². The molecule has 1 N–H and O–H groups in total. The van der Waals surface area contributed by atoms with E-state index in [1.165, 1.54) is 17.7 Å². The first-order valence-corrected chi connectivity index (χ1v) is 7.52. The van der Waals surface area contributed by atoms with E-state index < -0.39 is 0 Å². The number of unbranched alkanes of at least 4 members (excludes halogenated alkanes) is 1. The number of nitrogens with one attached hydrogen (secondary N) is 1. The summed E-state index contributed by atoms with van der Waals surface area (Å²) in [5, 5.41) is 4.11. The van der Waals surface area contributed by atoms with Crippen LogP contribution in [0.15, 0.2) is 33.6 Å². The van der Waals surface area contributed by atoms with Gasteiger partial charge in [0.25, 0.3) is 0 Å². The summed E-state index contributed by atoms with van der Waals surface area (Å²) in [5.41, 5.74) is 0. The summed E-state index contributed by atoms with van der Waals surface area (Å²) in [4.78, 5) is 1.33. The lowest BCUT2D eigenvalue weighted by atomic mass is 10.3. The van der Waals surface area contributed by atoms with Gasteiger partial charge in [0.15, 0.2) is 0 Å². The topological polar surface area (TPSA) is 12.0 Å². The molecule has 1 rings (SSSR count). The number of halogens is 1. The average Bonchev–Trinajstić information content (AvgIpc) is 2.24. The third-order valence-electron chi connectivity index (χ3n) is 2.27. The molecular formula is C13H20BrNS. The number of thioether (sulfide) groups is 1. The molecule has 0 saturated heterocycles. The predicted molar refractivity (Wildman–Crippen MR) is 77.2 cm³/mol. The largest absolute Gasteiger partial charge is 0.316 e. The van der Waals surface area contributed by atoms with Crippen molar-refractivity contribution < 1.29 is 0 Å². The van der Waals surface area contributed by atoms with Crippen molar-refractivity contribution in [3.05, 3.63) is 28.7 Å². The van der Waals surface area contributed by atoms with E-state index in [0.717, 1.165) is 17.6 Å². The number of rotatable bonds is 7. The molecule has 0 aromatic heterocycles. The molecule has 0 saturated carbocycles. The van der Waals surface area contributed by atoms with E-state index in [1.54, 1.807) is 0 Å². The van der Waals surface area contributed by atoms with Gasteiger partial charge >= 0.3 is 0 Å². The molecule has 1 aromatic carbocycles. The molecule has 1 unspecified atom stereocenters. The van der Waals surface area contributed by atoms with Gasteiger partial charge in [-0.25, -0.2) is 0 Å². The van der Waals surface area contributed by atoms with Crippen LogP contribution >= 0.6 is 27.7 Å². The Labute approximate surface area is 112 Å². The molecule has 16 heavy (non-hydrogen) atoms. The first kappa shape index (κ1) is 14.1. The number of hydrogen-bond donors (Lipinski definition) is 1. The Balaban J connectivity index is 2.25. The van der Waals surface area contributed by atoms with E-state index in [-0.39, 0.29) is 0 Å². The highest BCUT2D eigenvalue weighted by Crippen LogP contribution is 2.25. The molecule has 0 aliphatic carbocycles. The third-order valence-corrected chi connectivity index (χ3v) is 3.86. The summed E-state index contributed by atoms with van der Waals surface area (Å²) in [6.07, 6.45) is 2.54. The summed E-state index contributed by atoms with van der Waals surface area (Å²) in [6.45, 7) is 6.71. The van der Waals surface area contributed by atoms with E-state index in [4.69, 9.17) is 0 Å². The van der Waals surface area contributed by atoms with Gasteiger partial charge in [-0.15, -0.1) is 11.8 Å². The molecule has 0 amide bonds. The van der Waals surface area contributed by atoms with Gasteiger partial charge in [-0.1, -0.05) is 42.3 Å². The highest BCUT2D eigenvalue weighted by Gasteiger charge is 2.03. The van der Waals surface area contributed by atoms with Gasteiger partial charge < -0.3 is 5.32 Å². The monoisotopic (exact) mass is 301 g/mol. The zero-order chi connectivity index (χ0) is 11.8. The van der Waals surface area contributed by atoms with Gasteiger partial charge in [0, 0.05) is 21.2 Å². The Hall–Kier alpha value is 0.01000. The standard InChI is InChI=1S/C13H20BrNS/c1-3-4-8-15-10-11(2)16-13-7-5-6-12(14)9-13/h5-7,9,11,15H,3-4,8,10H2,1-2H3. The number of benzene rings is 1. The van der Waals surface area contributed by atoms with Gasteiger partial charge in [0.1, 0.15) is 0 Å².